The van der Waals surface area contributed by atoms with Crippen LogP contribution in [0.2, 0.25) is 0 Å². The monoisotopic (exact) mass is 348 g/mol. The number of sulfonamides is 1. The Morgan fingerprint density at radius 1 is 1.17 bits per heavy atom. The van der Waals surface area contributed by atoms with E-state index in [1.807, 2.05) is 32.0 Å². The Morgan fingerprint density at radius 2 is 1.88 bits per heavy atom. The molecule has 0 radical (unpaired) electrons. The fourth-order valence-electron chi connectivity index (χ4n) is 2.67. The lowest BCUT2D eigenvalue weighted by Gasteiger charge is -2.17. The number of hydrogen-bond acceptors (Lipinski definition) is 4. The molecule has 0 saturated carbocycles. The molecule has 1 atom stereocenters. The van der Waals surface area contributed by atoms with Gasteiger partial charge in [-0.1, -0.05) is 35.9 Å². The molecule has 0 amide bonds. The second-order valence-electron chi connectivity index (χ2n) is 5.89. The van der Waals surface area contributed by atoms with Gasteiger partial charge in [-0.15, -0.1) is 0 Å². The van der Waals surface area contributed by atoms with Crippen molar-refractivity contribution in [3.8, 4) is 0 Å². The predicted octanol–water partition coefficient (Wildman–Crippen LogP) is 3.39. The van der Waals surface area contributed by atoms with E-state index < -0.39 is 14.9 Å². The van der Waals surface area contributed by atoms with Crippen molar-refractivity contribution in [1.29, 1.82) is 0 Å². The van der Waals surface area contributed by atoms with Crippen molar-refractivity contribution in [3.05, 3.63) is 74.8 Å². The van der Waals surface area contributed by atoms with E-state index >= 15 is 0 Å². The number of non-ortho nitro benzene ring substituents is 1. The minimum atomic E-state index is -3.62. The maximum Gasteiger partial charge on any atom is 0.269 e. The molecule has 6 nitrogen and oxygen atoms in total. The molecule has 0 aliphatic rings. The molecular weight excluding hydrogens is 328 g/mol. The Kier molecular flexibility index (Phi) is 5.36. The summed E-state index contributed by atoms with van der Waals surface area (Å²) in [5.74, 6) is -0.302. The molecule has 1 N–H and O–H groups in total. The lowest BCUT2D eigenvalue weighted by Crippen LogP contribution is -2.28. The Morgan fingerprint density at radius 3 is 2.50 bits per heavy atom. The highest BCUT2D eigenvalue weighted by atomic mass is 32.2. The van der Waals surface area contributed by atoms with E-state index in [-0.39, 0.29) is 17.5 Å². The van der Waals surface area contributed by atoms with Crippen molar-refractivity contribution >= 4 is 15.7 Å². The van der Waals surface area contributed by atoms with Crippen LogP contribution in [0.15, 0.2) is 42.5 Å². The van der Waals surface area contributed by atoms with E-state index in [0.717, 1.165) is 16.7 Å². The van der Waals surface area contributed by atoms with Crippen LogP contribution in [0.4, 0.5) is 5.69 Å². The molecule has 0 fully saturated rings. The quantitative estimate of drug-likeness (QED) is 0.640. The maximum atomic E-state index is 12.4. The molecule has 0 unspecified atom stereocenters. The first-order valence-corrected chi connectivity index (χ1v) is 9.13. The van der Waals surface area contributed by atoms with Gasteiger partial charge in [0.2, 0.25) is 10.0 Å². The van der Waals surface area contributed by atoms with Gasteiger partial charge in [-0.05, 0) is 37.5 Å². The van der Waals surface area contributed by atoms with Gasteiger partial charge < -0.3 is 0 Å². The van der Waals surface area contributed by atoms with Gasteiger partial charge in [-0.2, -0.15) is 0 Å². The highest BCUT2D eigenvalue weighted by molar-refractivity contribution is 7.88. The first-order chi connectivity index (χ1) is 11.2. The molecule has 0 aliphatic carbocycles. The topological polar surface area (TPSA) is 89.3 Å². The zero-order chi connectivity index (χ0) is 17.9. The average molecular weight is 348 g/mol. The summed E-state index contributed by atoms with van der Waals surface area (Å²) in [6.45, 7) is 5.70. The molecule has 128 valence electrons. The molecule has 0 heterocycles. The van der Waals surface area contributed by atoms with Crippen LogP contribution in [0.3, 0.4) is 0 Å². The predicted molar refractivity (Wildman–Crippen MR) is 93.2 cm³/mol. The number of hydrogen-bond donors (Lipinski definition) is 1. The van der Waals surface area contributed by atoms with Gasteiger partial charge in [-0.3, -0.25) is 10.1 Å². The van der Waals surface area contributed by atoms with E-state index in [4.69, 9.17) is 0 Å². The van der Waals surface area contributed by atoms with Gasteiger partial charge in [0, 0.05) is 18.2 Å². The first-order valence-electron chi connectivity index (χ1n) is 7.48. The van der Waals surface area contributed by atoms with Crippen LogP contribution >= 0.6 is 0 Å². The average Bonchev–Trinajstić information content (AvgIpc) is 2.46. The van der Waals surface area contributed by atoms with E-state index in [9.17, 15) is 18.5 Å². The van der Waals surface area contributed by atoms with Crippen molar-refractivity contribution in [2.24, 2.45) is 0 Å². The standard InChI is InChI=1S/C17H20N2O4S/c1-12-7-8-17(13(2)9-12)14(3)18-24(22,23)11-15-5-4-6-16(10-15)19(20)21/h4-10,14,18H,11H2,1-3H3/t14-/m1/s1. The summed E-state index contributed by atoms with van der Waals surface area (Å²) in [6, 6.07) is 11.1. The Hall–Kier alpha value is -2.25. The Balaban J connectivity index is 2.16. The number of aryl methyl sites for hydroxylation is 2. The van der Waals surface area contributed by atoms with E-state index in [2.05, 4.69) is 4.72 Å². The van der Waals surface area contributed by atoms with Crippen molar-refractivity contribution in [2.75, 3.05) is 0 Å². The summed E-state index contributed by atoms with van der Waals surface area (Å²) in [7, 11) is -3.62. The number of nitro groups is 1. The van der Waals surface area contributed by atoms with Crippen molar-refractivity contribution in [1.82, 2.24) is 4.72 Å². The number of nitrogens with one attached hydrogen (secondary N) is 1. The third-order valence-corrected chi connectivity index (χ3v) is 5.15. The van der Waals surface area contributed by atoms with Gasteiger partial charge in [-0.25, -0.2) is 13.1 Å². The number of nitrogens with zero attached hydrogens (tertiary/aromatic N) is 1. The van der Waals surface area contributed by atoms with E-state index in [0.29, 0.717) is 5.56 Å². The second kappa shape index (κ2) is 7.11. The van der Waals surface area contributed by atoms with Crippen molar-refractivity contribution in [3.63, 3.8) is 0 Å². The molecule has 7 heteroatoms. The summed E-state index contributed by atoms with van der Waals surface area (Å²) in [4.78, 5) is 10.2. The van der Waals surface area contributed by atoms with Gasteiger partial charge >= 0.3 is 0 Å². The van der Waals surface area contributed by atoms with Crippen LogP contribution < -0.4 is 4.72 Å². The number of nitro benzene ring substituents is 1. The van der Waals surface area contributed by atoms with Gasteiger partial charge in [0.1, 0.15) is 0 Å². The molecule has 2 aromatic carbocycles. The molecule has 0 bridgehead atoms. The largest absolute Gasteiger partial charge is 0.269 e. The summed E-state index contributed by atoms with van der Waals surface area (Å²) < 4.78 is 27.4. The minimum absolute atomic E-state index is 0.120. The molecule has 0 spiro atoms. The molecule has 0 aromatic heterocycles. The summed E-state index contributed by atoms with van der Waals surface area (Å²) in [5.41, 5.74) is 3.29. The van der Waals surface area contributed by atoms with Crippen molar-refractivity contribution in [2.45, 2.75) is 32.6 Å². The molecule has 2 aromatic rings. The van der Waals surface area contributed by atoms with Crippen LogP contribution in [0, 0.1) is 24.0 Å². The van der Waals surface area contributed by atoms with Gasteiger partial charge in [0.25, 0.3) is 5.69 Å². The normalized spacial score (nSPS) is 12.8. The third kappa shape index (κ3) is 4.62. The summed E-state index contributed by atoms with van der Waals surface area (Å²) in [6.07, 6.45) is 0. The third-order valence-electron chi connectivity index (χ3n) is 3.73. The Labute approximate surface area is 141 Å². The highest BCUT2D eigenvalue weighted by Crippen LogP contribution is 2.21. The fourth-order valence-corrected chi connectivity index (χ4v) is 4.03. The molecule has 2 rings (SSSR count). The van der Waals surface area contributed by atoms with Gasteiger partial charge in [0.15, 0.2) is 0 Å². The van der Waals surface area contributed by atoms with Crippen LogP contribution in [0.25, 0.3) is 0 Å². The van der Waals surface area contributed by atoms with Crippen LogP contribution in [-0.4, -0.2) is 13.3 Å². The SMILES string of the molecule is Cc1ccc([C@@H](C)NS(=O)(=O)Cc2cccc([N+](=O)[O-])c2)c(C)c1. The fraction of sp³-hybridized carbons (Fsp3) is 0.294. The zero-order valence-corrected chi connectivity index (χ0v) is 14.6. The zero-order valence-electron chi connectivity index (χ0n) is 13.8. The van der Waals surface area contributed by atoms with Gasteiger partial charge in [0.05, 0.1) is 10.7 Å². The molecule has 0 saturated heterocycles. The second-order valence-corrected chi connectivity index (χ2v) is 7.64. The Bertz CT molecular complexity index is 863. The van der Waals surface area contributed by atoms with Crippen molar-refractivity contribution < 1.29 is 13.3 Å². The molecule has 0 aliphatic heterocycles. The van der Waals surface area contributed by atoms with Crippen LogP contribution in [0.1, 0.15) is 35.2 Å². The molecular formula is C17H20N2O4S. The smallest absolute Gasteiger partial charge is 0.258 e. The number of benzene rings is 2. The minimum Gasteiger partial charge on any atom is -0.258 e. The highest BCUT2D eigenvalue weighted by Gasteiger charge is 2.19. The maximum absolute atomic E-state index is 12.4. The first kappa shape index (κ1) is 18.1. The summed E-state index contributed by atoms with van der Waals surface area (Å²) >= 11 is 0. The molecule has 24 heavy (non-hydrogen) atoms. The van der Waals surface area contributed by atoms with E-state index in [1.54, 1.807) is 13.0 Å². The van der Waals surface area contributed by atoms with E-state index in [1.165, 1.54) is 18.2 Å². The lowest BCUT2D eigenvalue weighted by atomic mass is 10.0. The summed E-state index contributed by atoms with van der Waals surface area (Å²) in [5, 5.41) is 10.8. The number of rotatable bonds is 6. The van der Waals surface area contributed by atoms with Crippen LogP contribution in [-0.2, 0) is 15.8 Å². The lowest BCUT2D eigenvalue weighted by molar-refractivity contribution is -0.384. The van der Waals surface area contributed by atoms with Crippen LogP contribution in [0.5, 0.6) is 0 Å².